The Kier molecular flexibility index (Phi) is 4.18. The Balaban J connectivity index is 2.25. The van der Waals surface area contributed by atoms with E-state index in [0.717, 1.165) is 16.8 Å². The van der Waals surface area contributed by atoms with E-state index in [1.807, 2.05) is 49.4 Å². The molecule has 0 saturated carbocycles. The molecule has 0 aliphatic heterocycles. The molecule has 19 heavy (non-hydrogen) atoms. The molecular formula is C16H17NO2. The Morgan fingerprint density at radius 1 is 1.00 bits per heavy atom. The van der Waals surface area contributed by atoms with Gasteiger partial charge in [0.1, 0.15) is 0 Å². The molecule has 0 unspecified atom stereocenters. The fraction of sp³-hybridized carbons (Fsp3) is 0.188. The number of carbonyl (C=O) groups is 1. The quantitative estimate of drug-likeness (QED) is 0.831. The van der Waals surface area contributed by atoms with E-state index in [0.29, 0.717) is 6.54 Å². The van der Waals surface area contributed by atoms with Gasteiger partial charge in [0.25, 0.3) is 0 Å². The second-order valence-electron chi connectivity index (χ2n) is 4.13. The minimum Gasteiger partial charge on any atom is -0.452 e. The Morgan fingerprint density at radius 2 is 1.58 bits per heavy atom. The highest BCUT2D eigenvalue weighted by Gasteiger charge is 2.13. The first kappa shape index (κ1) is 13.1. The van der Waals surface area contributed by atoms with Crippen molar-refractivity contribution >= 4 is 11.8 Å². The summed E-state index contributed by atoms with van der Waals surface area (Å²) in [6.07, 6.45) is -0.338. The summed E-state index contributed by atoms with van der Waals surface area (Å²) in [5.74, 6) is 0. The van der Waals surface area contributed by atoms with Gasteiger partial charge in [-0.3, -0.25) is 4.90 Å². The SMILES string of the molecule is CCN(C(=O)OC)c1ccc(-c2ccccc2)cc1. The van der Waals surface area contributed by atoms with Gasteiger partial charge in [0.2, 0.25) is 0 Å². The number of anilines is 1. The number of ether oxygens (including phenoxy) is 1. The molecule has 3 heteroatoms. The second-order valence-corrected chi connectivity index (χ2v) is 4.13. The summed E-state index contributed by atoms with van der Waals surface area (Å²) in [6.45, 7) is 2.50. The molecule has 0 heterocycles. The summed E-state index contributed by atoms with van der Waals surface area (Å²) in [4.78, 5) is 13.2. The minimum atomic E-state index is -0.338. The Hall–Kier alpha value is -2.29. The first-order chi connectivity index (χ1) is 9.26. The predicted octanol–water partition coefficient (Wildman–Crippen LogP) is 3.95. The van der Waals surface area contributed by atoms with Crippen LogP contribution in [0.4, 0.5) is 10.5 Å². The monoisotopic (exact) mass is 255 g/mol. The third kappa shape index (κ3) is 2.94. The van der Waals surface area contributed by atoms with E-state index < -0.39 is 0 Å². The van der Waals surface area contributed by atoms with E-state index in [9.17, 15) is 4.79 Å². The molecule has 98 valence electrons. The van der Waals surface area contributed by atoms with Crippen LogP contribution in [0.2, 0.25) is 0 Å². The van der Waals surface area contributed by atoms with Gasteiger partial charge in [-0.1, -0.05) is 42.5 Å². The van der Waals surface area contributed by atoms with Crippen molar-refractivity contribution in [2.24, 2.45) is 0 Å². The molecule has 2 rings (SSSR count). The highest BCUT2D eigenvalue weighted by atomic mass is 16.5. The van der Waals surface area contributed by atoms with Crippen LogP contribution in [0.25, 0.3) is 11.1 Å². The molecule has 3 nitrogen and oxygen atoms in total. The number of amides is 1. The third-order valence-electron chi connectivity index (χ3n) is 3.00. The van der Waals surface area contributed by atoms with Gasteiger partial charge in [-0.15, -0.1) is 0 Å². The van der Waals surface area contributed by atoms with E-state index >= 15 is 0 Å². The van der Waals surface area contributed by atoms with Crippen molar-refractivity contribution in [1.29, 1.82) is 0 Å². The van der Waals surface area contributed by atoms with E-state index in [-0.39, 0.29) is 6.09 Å². The summed E-state index contributed by atoms with van der Waals surface area (Å²) in [6, 6.07) is 18.0. The van der Waals surface area contributed by atoms with Crippen LogP contribution in [-0.2, 0) is 4.74 Å². The van der Waals surface area contributed by atoms with E-state index in [2.05, 4.69) is 12.1 Å². The summed E-state index contributed by atoms with van der Waals surface area (Å²) in [5.41, 5.74) is 3.13. The number of nitrogens with zero attached hydrogens (tertiary/aromatic N) is 1. The molecule has 1 amide bonds. The van der Waals surface area contributed by atoms with Crippen molar-refractivity contribution in [1.82, 2.24) is 0 Å². The minimum absolute atomic E-state index is 0.338. The third-order valence-corrected chi connectivity index (χ3v) is 3.00. The van der Waals surface area contributed by atoms with Crippen LogP contribution < -0.4 is 4.90 Å². The van der Waals surface area contributed by atoms with Gasteiger partial charge in [0, 0.05) is 12.2 Å². The van der Waals surface area contributed by atoms with Gasteiger partial charge in [-0.05, 0) is 30.2 Å². The van der Waals surface area contributed by atoms with Gasteiger partial charge in [0.05, 0.1) is 7.11 Å². The predicted molar refractivity (Wildman–Crippen MR) is 77.3 cm³/mol. The topological polar surface area (TPSA) is 29.5 Å². The zero-order valence-electron chi connectivity index (χ0n) is 11.2. The number of hydrogen-bond acceptors (Lipinski definition) is 2. The molecule has 0 atom stereocenters. The Morgan fingerprint density at radius 3 is 2.11 bits per heavy atom. The van der Waals surface area contributed by atoms with Crippen molar-refractivity contribution in [3.05, 3.63) is 54.6 Å². The Labute approximate surface area is 113 Å². The molecule has 0 radical (unpaired) electrons. The normalized spacial score (nSPS) is 10.0. The molecule has 0 aromatic heterocycles. The maximum absolute atomic E-state index is 11.6. The van der Waals surface area contributed by atoms with Gasteiger partial charge >= 0.3 is 6.09 Å². The van der Waals surface area contributed by atoms with Gasteiger partial charge in [-0.25, -0.2) is 4.79 Å². The van der Waals surface area contributed by atoms with Gasteiger partial charge in [-0.2, -0.15) is 0 Å². The molecule has 0 aliphatic rings. The number of methoxy groups -OCH3 is 1. The lowest BCUT2D eigenvalue weighted by Gasteiger charge is -2.19. The standard InChI is InChI=1S/C16H17NO2/c1-3-17(16(18)19-2)15-11-9-14(10-12-15)13-7-5-4-6-8-13/h4-12H,3H2,1-2H3. The van der Waals surface area contributed by atoms with Crippen molar-refractivity contribution in [3.63, 3.8) is 0 Å². The zero-order valence-corrected chi connectivity index (χ0v) is 11.2. The van der Waals surface area contributed by atoms with Crippen molar-refractivity contribution < 1.29 is 9.53 Å². The van der Waals surface area contributed by atoms with Crippen LogP contribution in [0.1, 0.15) is 6.92 Å². The van der Waals surface area contributed by atoms with Crippen LogP contribution in [0, 0.1) is 0 Å². The molecule has 2 aromatic rings. The smallest absolute Gasteiger partial charge is 0.413 e. The highest BCUT2D eigenvalue weighted by molar-refractivity contribution is 5.87. The molecular weight excluding hydrogens is 238 g/mol. The number of benzene rings is 2. The summed E-state index contributed by atoms with van der Waals surface area (Å²) in [5, 5.41) is 0. The van der Waals surface area contributed by atoms with E-state index in [4.69, 9.17) is 4.74 Å². The largest absolute Gasteiger partial charge is 0.452 e. The number of hydrogen-bond donors (Lipinski definition) is 0. The molecule has 2 aromatic carbocycles. The van der Waals surface area contributed by atoms with Crippen LogP contribution in [0.5, 0.6) is 0 Å². The van der Waals surface area contributed by atoms with Gasteiger partial charge in [0.15, 0.2) is 0 Å². The first-order valence-corrected chi connectivity index (χ1v) is 6.27. The van der Waals surface area contributed by atoms with Gasteiger partial charge < -0.3 is 4.74 Å². The summed E-state index contributed by atoms with van der Waals surface area (Å²) in [7, 11) is 1.39. The van der Waals surface area contributed by atoms with Crippen LogP contribution in [0.15, 0.2) is 54.6 Å². The average molecular weight is 255 g/mol. The van der Waals surface area contributed by atoms with Crippen molar-refractivity contribution in [3.8, 4) is 11.1 Å². The highest BCUT2D eigenvalue weighted by Crippen LogP contribution is 2.23. The van der Waals surface area contributed by atoms with E-state index in [1.165, 1.54) is 7.11 Å². The lowest BCUT2D eigenvalue weighted by atomic mass is 10.1. The van der Waals surface area contributed by atoms with Crippen molar-refractivity contribution in [2.45, 2.75) is 6.92 Å². The molecule has 0 saturated heterocycles. The van der Waals surface area contributed by atoms with Crippen molar-refractivity contribution in [2.75, 3.05) is 18.6 Å². The summed E-state index contributed by atoms with van der Waals surface area (Å²) >= 11 is 0. The molecule has 0 fully saturated rings. The molecule has 0 spiro atoms. The maximum Gasteiger partial charge on any atom is 0.413 e. The number of carbonyl (C=O) groups excluding carboxylic acids is 1. The summed E-state index contributed by atoms with van der Waals surface area (Å²) < 4.78 is 4.76. The van der Waals surface area contributed by atoms with Crippen LogP contribution in [-0.4, -0.2) is 19.7 Å². The molecule has 0 aliphatic carbocycles. The molecule has 0 N–H and O–H groups in total. The van der Waals surface area contributed by atoms with Crippen LogP contribution >= 0.6 is 0 Å². The lowest BCUT2D eigenvalue weighted by Crippen LogP contribution is -2.30. The fourth-order valence-corrected chi connectivity index (χ4v) is 1.99. The first-order valence-electron chi connectivity index (χ1n) is 6.27. The maximum atomic E-state index is 11.6. The lowest BCUT2D eigenvalue weighted by molar-refractivity contribution is 0.179. The fourth-order valence-electron chi connectivity index (χ4n) is 1.99. The molecule has 0 bridgehead atoms. The Bertz CT molecular complexity index is 534. The number of rotatable bonds is 3. The van der Waals surface area contributed by atoms with E-state index in [1.54, 1.807) is 4.90 Å². The zero-order chi connectivity index (χ0) is 13.7. The second kappa shape index (κ2) is 6.05. The van der Waals surface area contributed by atoms with Crippen LogP contribution in [0.3, 0.4) is 0 Å². The average Bonchev–Trinajstić information content (AvgIpc) is 2.49.